The Bertz CT molecular complexity index is 685. The van der Waals surface area contributed by atoms with Gasteiger partial charge in [-0.25, -0.2) is 13.1 Å². The summed E-state index contributed by atoms with van der Waals surface area (Å²) in [6.07, 6.45) is 0.688. The Morgan fingerprint density at radius 1 is 1.29 bits per heavy atom. The lowest BCUT2D eigenvalue weighted by atomic mass is 10.2. The quantitative estimate of drug-likeness (QED) is 0.811. The van der Waals surface area contributed by atoms with Gasteiger partial charge in [0.05, 0.1) is 4.90 Å². The van der Waals surface area contributed by atoms with Crippen LogP contribution in [0.4, 0.5) is 0 Å². The summed E-state index contributed by atoms with van der Waals surface area (Å²) in [4.78, 5) is 1.40. The summed E-state index contributed by atoms with van der Waals surface area (Å²) in [5.41, 5.74) is 0.764. The number of sulfonamides is 1. The summed E-state index contributed by atoms with van der Waals surface area (Å²) < 4.78 is 27.1. The fraction of sp³-hybridized carbons (Fsp3) is 0.286. The van der Waals surface area contributed by atoms with Crippen molar-refractivity contribution in [2.75, 3.05) is 13.6 Å². The van der Waals surface area contributed by atoms with Crippen molar-refractivity contribution in [1.82, 2.24) is 10.0 Å². The molecule has 0 amide bonds. The van der Waals surface area contributed by atoms with Crippen LogP contribution < -0.4 is 10.0 Å². The molecule has 0 aliphatic heterocycles. The van der Waals surface area contributed by atoms with Crippen molar-refractivity contribution in [2.45, 2.75) is 17.9 Å². The summed E-state index contributed by atoms with van der Waals surface area (Å²) in [5.74, 6) is 0. The van der Waals surface area contributed by atoms with Crippen LogP contribution in [0.25, 0.3) is 0 Å². The van der Waals surface area contributed by atoms with E-state index in [0.29, 0.717) is 24.5 Å². The van der Waals surface area contributed by atoms with Crippen molar-refractivity contribution in [2.24, 2.45) is 0 Å². The second-order valence-electron chi connectivity index (χ2n) is 4.51. The van der Waals surface area contributed by atoms with Gasteiger partial charge in [0, 0.05) is 23.0 Å². The smallest absolute Gasteiger partial charge is 0.240 e. The molecule has 1 aromatic carbocycles. The van der Waals surface area contributed by atoms with E-state index in [1.807, 2.05) is 17.5 Å². The molecule has 0 saturated heterocycles. The first kappa shape index (κ1) is 16.5. The van der Waals surface area contributed by atoms with Crippen molar-refractivity contribution in [3.05, 3.63) is 51.2 Å². The topological polar surface area (TPSA) is 58.2 Å². The van der Waals surface area contributed by atoms with E-state index < -0.39 is 10.0 Å². The van der Waals surface area contributed by atoms with E-state index in [1.54, 1.807) is 30.5 Å². The molecule has 2 aromatic rings. The van der Waals surface area contributed by atoms with Crippen molar-refractivity contribution < 1.29 is 8.42 Å². The summed E-state index contributed by atoms with van der Waals surface area (Å²) in [6.45, 7) is 0.907. The third kappa shape index (κ3) is 4.52. The standard InChI is InChI=1S/C14H17ClN2O2S2/c1-16-10-11-9-13(4-5-14(11)15)21(18,19)17-7-6-12-3-2-8-20-12/h2-5,8-9,16-17H,6-7,10H2,1H3. The molecule has 0 radical (unpaired) electrons. The summed E-state index contributed by atoms with van der Waals surface area (Å²) in [7, 11) is -1.71. The molecule has 2 rings (SSSR count). The SMILES string of the molecule is CNCc1cc(S(=O)(=O)NCCc2cccs2)ccc1Cl. The lowest BCUT2D eigenvalue weighted by Gasteiger charge is -2.09. The largest absolute Gasteiger partial charge is 0.316 e. The van der Waals surface area contributed by atoms with Crippen LogP contribution in [0.2, 0.25) is 5.02 Å². The van der Waals surface area contributed by atoms with E-state index in [0.717, 1.165) is 10.4 Å². The minimum atomic E-state index is -3.50. The maximum Gasteiger partial charge on any atom is 0.240 e. The molecule has 114 valence electrons. The minimum Gasteiger partial charge on any atom is -0.316 e. The lowest BCUT2D eigenvalue weighted by Crippen LogP contribution is -2.26. The Morgan fingerprint density at radius 2 is 2.10 bits per heavy atom. The van der Waals surface area contributed by atoms with Crippen LogP contribution in [-0.4, -0.2) is 22.0 Å². The molecule has 0 spiro atoms. The molecule has 0 fully saturated rings. The Kier molecular flexibility index (Phi) is 5.78. The zero-order chi connectivity index (χ0) is 15.3. The van der Waals surface area contributed by atoms with Crippen LogP contribution in [0.5, 0.6) is 0 Å². The van der Waals surface area contributed by atoms with E-state index in [4.69, 9.17) is 11.6 Å². The highest BCUT2D eigenvalue weighted by atomic mass is 35.5. The number of thiophene rings is 1. The van der Waals surface area contributed by atoms with Gasteiger partial charge in [-0.3, -0.25) is 0 Å². The highest BCUT2D eigenvalue weighted by Gasteiger charge is 2.15. The zero-order valence-electron chi connectivity index (χ0n) is 11.6. The van der Waals surface area contributed by atoms with Gasteiger partial charge in [0.25, 0.3) is 0 Å². The van der Waals surface area contributed by atoms with Crippen LogP contribution in [0.3, 0.4) is 0 Å². The molecular formula is C14H17ClN2O2S2. The zero-order valence-corrected chi connectivity index (χ0v) is 14.0. The fourth-order valence-corrected chi connectivity index (χ4v) is 3.87. The highest BCUT2D eigenvalue weighted by Crippen LogP contribution is 2.20. The summed E-state index contributed by atoms with van der Waals surface area (Å²) in [6, 6.07) is 8.69. The molecule has 21 heavy (non-hydrogen) atoms. The maximum absolute atomic E-state index is 12.3. The second-order valence-corrected chi connectivity index (χ2v) is 7.72. The number of hydrogen-bond acceptors (Lipinski definition) is 4. The average Bonchev–Trinajstić information content (AvgIpc) is 2.94. The number of halogens is 1. The molecule has 0 unspecified atom stereocenters. The molecule has 0 atom stereocenters. The van der Waals surface area contributed by atoms with Crippen LogP contribution in [0.15, 0.2) is 40.6 Å². The Balaban J connectivity index is 2.06. The summed E-state index contributed by atoms with van der Waals surface area (Å²) in [5, 5.41) is 5.50. The van der Waals surface area contributed by atoms with E-state index in [-0.39, 0.29) is 4.90 Å². The first-order valence-electron chi connectivity index (χ1n) is 6.48. The average molecular weight is 345 g/mol. The molecule has 0 aliphatic rings. The number of benzene rings is 1. The van der Waals surface area contributed by atoms with Crippen molar-refractivity contribution >= 4 is 33.0 Å². The Labute approximate surface area is 134 Å². The van der Waals surface area contributed by atoms with Crippen LogP contribution in [0, 0.1) is 0 Å². The first-order valence-corrected chi connectivity index (χ1v) is 9.22. The molecule has 0 bridgehead atoms. The molecule has 7 heteroatoms. The normalized spacial score (nSPS) is 11.7. The van der Waals surface area contributed by atoms with E-state index >= 15 is 0 Å². The molecule has 4 nitrogen and oxygen atoms in total. The lowest BCUT2D eigenvalue weighted by molar-refractivity contribution is 0.581. The number of nitrogens with one attached hydrogen (secondary N) is 2. The minimum absolute atomic E-state index is 0.239. The number of rotatable bonds is 7. The van der Waals surface area contributed by atoms with Crippen LogP contribution in [0.1, 0.15) is 10.4 Å². The van der Waals surface area contributed by atoms with Crippen LogP contribution in [-0.2, 0) is 23.0 Å². The van der Waals surface area contributed by atoms with Gasteiger partial charge in [0.2, 0.25) is 10.0 Å². The van der Waals surface area contributed by atoms with Gasteiger partial charge in [0.15, 0.2) is 0 Å². The molecular weight excluding hydrogens is 328 g/mol. The molecule has 0 aliphatic carbocycles. The molecule has 1 aromatic heterocycles. The van der Waals surface area contributed by atoms with Gasteiger partial charge < -0.3 is 5.32 Å². The maximum atomic E-state index is 12.3. The predicted octanol–water partition coefficient (Wildman–Crippen LogP) is 2.64. The number of hydrogen-bond donors (Lipinski definition) is 2. The molecule has 0 saturated carbocycles. The third-order valence-electron chi connectivity index (χ3n) is 2.94. The monoisotopic (exact) mass is 344 g/mol. The van der Waals surface area contributed by atoms with Gasteiger partial charge >= 0.3 is 0 Å². The van der Waals surface area contributed by atoms with Gasteiger partial charge in [-0.2, -0.15) is 0 Å². The van der Waals surface area contributed by atoms with E-state index in [2.05, 4.69) is 10.0 Å². The van der Waals surface area contributed by atoms with Crippen LogP contribution >= 0.6 is 22.9 Å². The van der Waals surface area contributed by atoms with Crippen molar-refractivity contribution in [3.8, 4) is 0 Å². The van der Waals surface area contributed by atoms with E-state index in [9.17, 15) is 8.42 Å². The van der Waals surface area contributed by atoms with Crippen molar-refractivity contribution in [3.63, 3.8) is 0 Å². The Morgan fingerprint density at radius 3 is 2.76 bits per heavy atom. The Hall–Kier alpha value is -0.920. The fourth-order valence-electron chi connectivity index (χ4n) is 1.89. The predicted molar refractivity (Wildman–Crippen MR) is 87.4 cm³/mol. The first-order chi connectivity index (χ1) is 10.0. The summed E-state index contributed by atoms with van der Waals surface area (Å²) >= 11 is 7.66. The third-order valence-corrected chi connectivity index (χ3v) is 5.70. The van der Waals surface area contributed by atoms with E-state index in [1.165, 1.54) is 6.07 Å². The van der Waals surface area contributed by atoms with Crippen molar-refractivity contribution in [1.29, 1.82) is 0 Å². The van der Waals surface area contributed by atoms with Gasteiger partial charge in [-0.15, -0.1) is 11.3 Å². The molecule has 2 N–H and O–H groups in total. The van der Waals surface area contributed by atoms with Gasteiger partial charge in [-0.05, 0) is 48.7 Å². The second kappa shape index (κ2) is 7.38. The van der Waals surface area contributed by atoms with Gasteiger partial charge in [-0.1, -0.05) is 17.7 Å². The van der Waals surface area contributed by atoms with Gasteiger partial charge in [0.1, 0.15) is 0 Å². The molecule has 1 heterocycles. The highest BCUT2D eigenvalue weighted by molar-refractivity contribution is 7.89.